The molecule has 0 aliphatic heterocycles. The fourth-order valence-corrected chi connectivity index (χ4v) is 4.49. The first-order valence-electron chi connectivity index (χ1n) is 9.01. The SMILES string of the molecule is COC(=O)Cn1c(=NC(=O)c2cc3ccccc3cc2OC)sc2cc(Cl)ccc21. The van der Waals surface area contributed by atoms with Gasteiger partial charge in [0.1, 0.15) is 12.3 Å². The zero-order valence-corrected chi connectivity index (χ0v) is 17.8. The van der Waals surface area contributed by atoms with Gasteiger partial charge in [-0.05, 0) is 41.1 Å². The van der Waals surface area contributed by atoms with Gasteiger partial charge in [-0.15, -0.1) is 0 Å². The van der Waals surface area contributed by atoms with Crippen molar-refractivity contribution in [2.24, 2.45) is 4.99 Å². The maximum absolute atomic E-state index is 13.1. The molecule has 0 N–H and O–H groups in total. The standard InChI is InChI=1S/C22H17ClN2O4S/c1-28-18-10-14-6-4-3-5-13(14)9-16(18)21(27)24-22-25(12-20(26)29-2)17-8-7-15(23)11-19(17)30-22/h3-11H,12H2,1-2H3. The van der Waals surface area contributed by atoms with Gasteiger partial charge in [-0.2, -0.15) is 4.99 Å². The molecule has 4 rings (SSSR count). The van der Waals surface area contributed by atoms with Crippen molar-refractivity contribution >= 4 is 55.8 Å². The number of aromatic nitrogens is 1. The molecule has 1 aromatic heterocycles. The van der Waals surface area contributed by atoms with Crippen LogP contribution in [0.1, 0.15) is 10.4 Å². The summed E-state index contributed by atoms with van der Waals surface area (Å²) in [6, 6.07) is 16.6. The number of esters is 1. The van der Waals surface area contributed by atoms with Crippen LogP contribution in [0.3, 0.4) is 0 Å². The highest BCUT2D eigenvalue weighted by Crippen LogP contribution is 2.27. The molecule has 0 spiro atoms. The number of hydrogen-bond acceptors (Lipinski definition) is 5. The number of rotatable bonds is 4. The van der Waals surface area contributed by atoms with E-state index in [2.05, 4.69) is 4.99 Å². The summed E-state index contributed by atoms with van der Waals surface area (Å²) in [5.41, 5.74) is 1.09. The zero-order chi connectivity index (χ0) is 21.3. The molecule has 30 heavy (non-hydrogen) atoms. The minimum absolute atomic E-state index is 0.0703. The van der Waals surface area contributed by atoms with E-state index >= 15 is 0 Å². The Kier molecular flexibility index (Phi) is 5.57. The third kappa shape index (κ3) is 3.81. The van der Waals surface area contributed by atoms with E-state index in [1.807, 2.05) is 30.3 Å². The third-order valence-electron chi connectivity index (χ3n) is 4.66. The van der Waals surface area contributed by atoms with Crippen molar-refractivity contribution in [1.82, 2.24) is 4.57 Å². The Morgan fingerprint density at radius 3 is 2.50 bits per heavy atom. The van der Waals surface area contributed by atoms with Crippen LogP contribution >= 0.6 is 22.9 Å². The van der Waals surface area contributed by atoms with Gasteiger partial charge in [-0.1, -0.05) is 47.2 Å². The van der Waals surface area contributed by atoms with Gasteiger partial charge < -0.3 is 14.0 Å². The van der Waals surface area contributed by atoms with Crippen LogP contribution in [-0.4, -0.2) is 30.7 Å². The van der Waals surface area contributed by atoms with Crippen molar-refractivity contribution in [1.29, 1.82) is 0 Å². The van der Waals surface area contributed by atoms with Gasteiger partial charge in [-0.3, -0.25) is 9.59 Å². The van der Waals surface area contributed by atoms with Crippen LogP contribution in [0.4, 0.5) is 0 Å². The van der Waals surface area contributed by atoms with Crippen molar-refractivity contribution in [3.8, 4) is 5.75 Å². The summed E-state index contributed by atoms with van der Waals surface area (Å²) in [5, 5.41) is 2.42. The number of carbonyl (C=O) groups is 2. The first-order valence-corrected chi connectivity index (χ1v) is 10.2. The number of amides is 1. The molecule has 0 atom stereocenters. The zero-order valence-electron chi connectivity index (χ0n) is 16.2. The molecule has 8 heteroatoms. The van der Waals surface area contributed by atoms with Gasteiger partial charge >= 0.3 is 5.97 Å². The number of benzene rings is 3. The van der Waals surface area contributed by atoms with Gasteiger partial charge in [0.15, 0.2) is 4.80 Å². The van der Waals surface area contributed by atoms with E-state index in [1.54, 1.807) is 28.8 Å². The van der Waals surface area contributed by atoms with Gasteiger partial charge in [0.05, 0.1) is 30.0 Å². The highest BCUT2D eigenvalue weighted by Gasteiger charge is 2.16. The summed E-state index contributed by atoms with van der Waals surface area (Å²) in [7, 11) is 2.83. The van der Waals surface area contributed by atoms with Crippen LogP contribution in [0.15, 0.2) is 59.6 Å². The monoisotopic (exact) mass is 440 g/mol. The van der Waals surface area contributed by atoms with Crippen LogP contribution in [0.5, 0.6) is 5.75 Å². The topological polar surface area (TPSA) is 69.9 Å². The number of thiazole rings is 1. The molecule has 0 fully saturated rings. The number of hydrogen-bond donors (Lipinski definition) is 0. The second kappa shape index (κ2) is 8.30. The van der Waals surface area contributed by atoms with Gasteiger partial charge in [-0.25, -0.2) is 0 Å². The Labute approximate surface area is 180 Å². The summed E-state index contributed by atoms with van der Waals surface area (Å²) < 4.78 is 12.7. The number of methoxy groups -OCH3 is 2. The number of nitrogens with zero attached hydrogens (tertiary/aromatic N) is 2. The first kappa shape index (κ1) is 20.1. The van der Waals surface area contributed by atoms with Crippen LogP contribution in [0, 0.1) is 0 Å². The maximum atomic E-state index is 13.1. The van der Waals surface area contributed by atoms with Crippen molar-refractivity contribution in [3.63, 3.8) is 0 Å². The smallest absolute Gasteiger partial charge is 0.325 e. The summed E-state index contributed by atoms with van der Waals surface area (Å²) in [6.45, 7) is -0.0703. The lowest BCUT2D eigenvalue weighted by atomic mass is 10.1. The third-order valence-corrected chi connectivity index (χ3v) is 5.93. The quantitative estimate of drug-likeness (QED) is 0.440. The Hall–Kier alpha value is -3.16. The normalized spacial score (nSPS) is 11.8. The largest absolute Gasteiger partial charge is 0.496 e. The Balaban J connectivity index is 1.88. The molecule has 1 amide bonds. The highest BCUT2D eigenvalue weighted by atomic mass is 35.5. The summed E-state index contributed by atoms with van der Waals surface area (Å²) in [6.07, 6.45) is 0. The number of halogens is 1. The first-order chi connectivity index (χ1) is 14.5. The van der Waals surface area contributed by atoms with E-state index in [9.17, 15) is 9.59 Å². The lowest BCUT2D eigenvalue weighted by Crippen LogP contribution is -2.22. The molecule has 0 aliphatic rings. The molecule has 1 heterocycles. The van der Waals surface area contributed by atoms with E-state index < -0.39 is 11.9 Å². The summed E-state index contributed by atoms with van der Waals surface area (Å²) in [5.74, 6) is -0.471. The lowest BCUT2D eigenvalue weighted by Gasteiger charge is -2.08. The molecule has 0 aliphatic carbocycles. The van der Waals surface area contributed by atoms with E-state index in [0.717, 1.165) is 21.0 Å². The molecule has 0 unspecified atom stereocenters. The molecular weight excluding hydrogens is 424 g/mol. The fraction of sp³-hybridized carbons (Fsp3) is 0.136. The minimum atomic E-state index is -0.464. The van der Waals surface area contributed by atoms with E-state index in [4.69, 9.17) is 21.1 Å². The molecular formula is C22H17ClN2O4S. The maximum Gasteiger partial charge on any atom is 0.325 e. The van der Waals surface area contributed by atoms with Crippen molar-refractivity contribution in [2.75, 3.05) is 14.2 Å². The molecule has 0 bridgehead atoms. The Morgan fingerprint density at radius 2 is 1.80 bits per heavy atom. The number of carbonyl (C=O) groups excluding carboxylic acids is 2. The average molecular weight is 441 g/mol. The molecule has 0 radical (unpaired) electrons. The average Bonchev–Trinajstić information content (AvgIpc) is 3.08. The summed E-state index contributed by atoms with van der Waals surface area (Å²) >= 11 is 7.37. The minimum Gasteiger partial charge on any atom is -0.496 e. The molecule has 0 saturated heterocycles. The second-order valence-corrected chi connectivity index (χ2v) is 7.92. The molecule has 0 saturated carbocycles. The molecule has 152 valence electrons. The number of fused-ring (bicyclic) bond motifs is 2. The van der Waals surface area contributed by atoms with Crippen molar-refractivity contribution < 1.29 is 19.1 Å². The van der Waals surface area contributed by atoms with Gasteiger partial charge in [0, 0.05) is 5.02 Å². The van der Waals surface area contributed by atoms with Gasteiger partial charge in [0.2, 0.25) is 0 Å². The van der Waals surface area contributed by atoms with E-state index in [0.29, 0.717) is 21.1 Å². The summed E-state index contributed by atoms with van der Waals surface area (Å²) in [4.78, 5) is 29.7. The van der Waals surface area contributed by atoms with Crippen LogP contribution in [0.25, 0.3) is 21.0 Å². The van der Waals surface area contributed by atoms with Crippen LogP contribution in [-0.2, 0) is 16.1 Å². The van der Waals surface area contributed by atoms with Crippen LogP contribution in [0.2, 0.25) is 5.02 Å². The molecule has 4 aromatic rings. The van der Waals surface area contributed by atoms with E-state index in [1.165, 1.54) is 25.6 Å². The van der Waals surface area contributed by atoms with Crippen molar-refractivity contribution in [3.05, 3.63) is 70.0 Å². The molecule has 6 nitrogen and oxygen atoms in total. The number of ether oxygens (including phenoxy) is 2. The fourth-order valence-electron chi connectivity index (χ4n) is 3.18. The highest BCUT2D eigenvalue weighted by molar-refractivity contribution is 7.16. The predicted molar refractivity (Wildman–Crippen MR) is 117 cm³/mol. The Morgan fingerprint density at radius 1 is 1.07 bits per heavy atom. The van der Waals surface area contributed by atoms with Gasteiger partial charge in [0.25, 0.3) is 5.91 Å². The lowest BCUT2D eigenvalue weighted by molar-refractivity contribution is -0.141. The van der Waals surface area contributed by atoms with E-state index in [-0.39, 0.29) is 6.54 Å². The van der Waals surface area contributed by atoms with Crippen molar-refractivity contribution in [2.45, 2.75) is 6.54 Å². The predicted octanol–water partition coefficient (Wildman–Crippen LogP) is 4.43. The Bertz CT molecular complexity index is 1360. The van der Waals surface area contributed by atoms with Crippen LogP contribution < -0.4 is 9.54 Å². The molecule has 3 aromatic carbocycles. The second-order valence-electron chi connectivity index (χ2n) is 6.48.